The first-order valence-electron chi connectivity index (χ1n) is 9.26. The molecular weight excluding hydrogens is 330 g/mol. The molecule has 6 nitrogen and oxygen atoms in total. The second-order valence-corrected chi connectivity index (χ2v) is 6.58. The van der Waals surface area contributed by atoms with E-state index in [9.17, 15) is 9.59 Å². The molecule has 1 amide bonds. The summed E-state index contributed by atoms with van der Waals surface area (Å²) in [5.41, 5.74) is 1.40. The topological polar surface area (TPSA) is 73.2 Å². The van der Waals surface area contributed by atoms with Gasteiger partial charge in [0.2, 0.25) is 0 Å². The van der Waals surface area contributed by atoms with E-state index in [2.05, 4.69) is 17.3 Å². The molecule has 1 saturated carbocycles. The Morgan fingerprint density at radius 2 is 2.00 bits per heavy atom. The summed E-state index contributed by atoms with van der Waals surface area (Å²) in [6, 6.07) is 10.5. The number of carbonyl (C=O) groups excluding carboxylic acids is 1. The molecule has 0 saturated heterocycles. The third-order valence-electron chi connectivity index (χ3n) is 4.38. The van der Waals surface area contributed by atoms with E-state index in [1.807, 2.05) is 0 Å². The van der Waals surface area contributed by atoms with Crippen LogP contribution < -0.4 is 15.6 Å². The molecule has 1 aliphatic carbocycles. The summed E-state index contributed by atoms with van der Waals surface area (Å²) in [4.78, 5) is 24.1. The molecule has 1 fully saturated rings. The molecule has 0 unspecified atom stereocenters. The maximum Gasteiger partial charge on any atom is 0.266 e. The van der Waals surface area contributed by atoms with Gasteiger partial charge in [0.05, 0.1) is 18.8 Å². The summed E-state index contributed by atoms with van der Waals surface area (Å²) in [5.74, 6) is 1.09. The molecule has 1 aliphatic rings. The average molecular weight is 355 g/mol. The Morgan fingerprint density at radius 3 is 2.69 bits per heavy atom. The van der Waals surface area contributed by atoms with Crippen LogP contribution in [0, 0.1) is 0 Å². The lowest BCUT2D eigenvalue weighted by Gasteiger charge is -2.09. The molecule has 26 heavy (non-hydrogen) atoms. The first-order valence-corrected chi connectivity index (χ1v) is 9.26. The Hall–Kier alpha value is -2.63. The summed E-state index contributed by atoms with van der Waals surface area (Å²) >= 11 is 0. The smallest absolute Gasteiger partial charge is 0.266 e. The number of hydrogen-bond acceptors (Lipinski definition) is 4. The summed E-state index contributed by atoms with van der Waals surface area (Å²) in [7, 11) is 0. The molecule has 6 heteroatoms. The second-order valence-electron chi connectivity index (χ2n) is 6.58. The molecule has 1 N–H and O–H groups in total. The standard InChI is InChI=1S/C20H25N3O3/c1-2-3-14-26-17-8-6-16(7-9-17)20(25)21-12-13-23-19(24)11-10-18(22-23)15-4-5-15/h6-11,15H,2-5,12-14H2,1H3,(H,21,25). The molecule has 1 aromatic carbocycles. The van der Waals surface area contributed by atoms with Gasteiger partial charge in [0.15, 0.2) is 0 Å². The first kappa shape index (κ1) is 18.2. The minimum Gasteiger partial charge on any atom is -0.494 e. The molecule has 0 bridgehead atoms. The van der Waals surface area contributed by atoms with Crippen LogP contribution in [0.25, 0.3) is 0 Å². The third-order valence-corrected chi connectivity index (χ3v) is 4.38. The van der Waals surface area contributed by atoms with Crippen molar-refractivity contribution in [1.82, 2.24) is 15.1 Å². The van der Waals surface area contributed by atoms with Crippen molar-refractivity contribution in [1.29, 1.82) is 0 Å². The maximum atomic E-state index is 12.2. The van der Waals surface area contributed by atoms with Crippen molar-refractivity contribution < 1.29 is 9.53 Å². The number of benzene rings is 1. The zero-order valence-electron chi connectivity index (χ0n) is 15.1. The quantitative estimate of drug-likeness (QED) is 0.702. The summed E-state index contributed by atoms with van der Waals surface area (Å²) in [6.07, 6.45) is 4.37. The molecule has 2 aromatic rings. The fourth-order valence-electron chi connectivity index (χ4n) is 2.64. The molecule has 0 radical (unpaired) electrons. The lowest BCUT2D eigenvalue weighted by atomic mass is 10.2. The van der Waals surface area contributed by atoms with Crippen molar-refractivity contribution in [2.45, 2.75) is 45.1 Å². The molecule has 3 rings (SSSR count). The predicted molar refractivity (Wildman–Crippen MR) is 99.7 cm³/mol. The lowest BCUT2D eigenvalue weighted by molar-refractivity contribution is 0.0951. The zero-order valence-corrected chi connectivity index (χ0v) is 15.1. The maximum absolute atomic E-state index is 12.2. The number of aromatic nitrogens is 2. The van der Waals surface area contributed by atoms with Gasteiger partial charge in [0.1, 0.15) is 5.75 Å². The Bertz CT molecular complexity index is 795. The van der Waals surface area contributed by atoms with Crippen LogP contribution in [0.1, 0.15) is 54.6 Å². The molecule has 0 spiro atoms. The van der Waals surface area contributed by atoms with Crippen molar-refractivity contribution in [2.24, 2.45) is 0 Å². The second kappa shape index (κ2) is 8.65. The first-order chi connectivity index (χ1) is 12.7. The van der Waals surface area contributed by atoms with Crippen LogP contribution in [-0.4, -0.2) is 28.8 Å². The van der Waals surface area contributed by atoms with Crippen molar-refractivity contribution in [3.8, 4) is 5.75 Å². The van der Waals surface area contributed by atoms with Crippen LogP contribution in [0.5, 0.6) is 5.75 Å². The number of nitrogens with one attached hydrogen (secondary N) is 1. The van der Waals surface area contributed by atoms with E-state index in [4.69, 9.17) is 4.74 Å². The molecule has 1 aromatic heterocycles. The van der Waals surface area contributed by atoms with E-state index in [1.54, 1.807) is 36.4 Å². The molecule has 138 valence electrons. The minimum absolute atomic E-state index is 0.141. The van der Waals surface area contributed by atoms with Gasteiger partial charge in [-0.25, -0.2) is 4.68 Å². The predicted octanol–water partition coefficient (Wildman–Crippen LogP) is 2.73. The third kappa shape index (κ3) is 4.94. The van der Waals surface area contributed by atoms with Crippen molar-refractivity contribution in [3.63, 3.8) is 0 Å². The monoisotopic (exact) mass is 355 g/mol. The van der Waals surface area contributed by atoms with Gasteiger partial charge in [-0.2, -0.15) is 5.10 Å². The van der Waals surface area contributed by atoms with E-state index >= 15 is 0 Å². The Balaban J connectivity index is 1.49. The normalized spacial score (nSPS) is 13.4. The van der Waals surface area contributed by atoms with Crippen LogP contribution in [0.15, 0.2) is 41.2 Å². The van der Waals surface area contributed by atoms with Crippen molar-refractivity contribution >= 4 is 5.91 Å². The fourth-order valence-corrected chi connectivity index (χ4v) is 2.64. The van der Waals surface area contributed by atoms with Gasteiger partial charge in [-0.1, -0.05) is 13.3 Å². The van der Waals surface area contributed by atoms with Gasteiger partial charge in [0.25, 0.3) is 11.5 Å². The van der Waals surface area contributed by atoms with E-state index in [0.717, 1.165) is 37.1 Å². The van der Waals surface area contributed by atoms with E-state index in [1.165, 1.54) is 4.68 Å². The average Bonchev–Trinajstić information content (AvgIpc) is 3.49. The highest BCUT2D eigenvalue weighted by Gasteiger charge is 2.25. The highest BCUT2D eigenvalue weighted by molar-refractivity contribution is 5.94. The summed E-state index contributed by atoms with van der Waals surface area (Å²) in [6.45, 7) is 3.52. The number of ether oxygens (including phenoxy) is 1. The zero-order chi connectivity index (χ0) is 18.4. The van der Waals surface area contributed by atoms with Gasteiger partial charge in [-0.05, 0) is 49.6 Å². The van der Waals surface area contributed by atoms with Gasteiger partial charge in [-0.3, -0.25) is 9.59 Å². The summed E-state index contributed by atoms with van der Waals surface area (Å²) < 4.78 is 7.02. The number of amides is 1. The van der Waals surface area contributed by atoms with E-state index < -0.39 is 0 Å². The fraction of sp³-hybridized carbons (Fsp3) is 0.450. The van der Waals surface area contributed by atoms with Crippen LogP contribution in [0.4, 0.5) is 0 Å². The molecule has 1 heterocycles. The number of carbonyl (C=O) groups is 1. The molecular formula is C20H25N3O3. The van der Waals surface area contributed by atoms with Crippen LogP contribution in [-0.2, 0) is 6.54 Å². The largest absolute Gasteiger partial charge is 0.494 e. The van der Waals surface area contributed by atoms with Crippen molar-refractivity contribution in [3.05, 3.63) is 58.0 Å². The van der Waals surface area contributed by atoms with Gasteiger partial charge >= 0.3 is 0 Å². The lowest BCUT2D eigenvalue weighted by Crippen LogP contribution is -2.32. The van der Waals surface area contributed by atoms with Gasteiger partial charge in [-0.15, -0.1) is 0 Å². The number of nitrogens with zero attached hydrogens (tertiary/aromatic N) is 2. The SMILES string of the molecule is CCCCOc1ccc(C(=O)NCCn2nc(C3CC3)ccc2=O)cc1. The minimum atomic E-state index is -0.170. The summed E-state index contributed by atoms with van der Waals surface area (Å²) in [5, 5.41) is 7.22. The number of rotatable bonds is 9. The van der Waals surface area contributed by atoms with Gasteiger partial charge in [0, 0.05) is 24.1 Å². The van der Waals surface area contributed by atoms with E-state index in [0.29, 0.717) is 31.2 Å². The molecule has 0 atom stereocenters. The highest BCUT2D eigenvalue weighted by Crippen LogP contribution is 2.38. The Kier molecular flexibility index (Phi) is 6.04. The van der Waals surface area contributed by atoms with Crippen LogP contribution in [0.2, 0.25) is 0 Å². The Morgan fingerprint density at radius 1 is 1.23 bits per heavy atom. The van der Waals surface area contributed by atoms with Crippen molar-refractivity contribution in [2.75, 3.05) is 13.2 Å². The van der Waals surface area contributed by atoms with Crippen LogP contribution in [0.3, 0.4) is 0 Å². The number of unbranched alkanes of at least 4 members (excludes halogenated alkanes) is 1. The Labute approximate surface area is 153 Å². The highest BCUT2D eigenvalue weighted by atomic mass is 16.5. The van der Waals surface area contributed by atoms with Gasteiger partial charge < -0.3 is 10.1 Å². The van der Waals surface area contributed by atoms with E-state index in [-0.39, 0.29) is 11.5 Å². The van der Waals surface area contributed by atoms with Crippen LogP contribution >= 0.6 is 0 Å². The number of hydrogen-bond donors (Lipinski definition) is 1. The molecule has 0 aliphatic heterocycles.